The lowest BCUT2D eigenvalue weighted by molar-refractivity contribution is -0.145. The number of ether oxygens (including phenoxy) is 2. The van der Waals surface area contributed by atoms with Crippen LogP contribution in [0.25, 0.3) is 0 Å². The summed E-state index contributed by atoms with van der Waals surface area (Å²) in [5, 5.41) is 2.49. The number of halogens is 1. The number of rotatable bonds is 8. The molecule has 0 bridgehead atoms. The Morgan fingerprint density at radius 1 is 1.08 bits per heavy atom. The van der Waals surface area contributed by atoms with Gasteiger partial charge in [-0.25, -0.2) is 4.39 Å². The average Bonchev–Trinajstić information content (AvgIpc) is 2.64. The number of hydrogen-bond donors (Lipinski definition) is 1. The zero-order valence-electron chi connectivity index (χ0n) is 14.0. The summed E-state index contributed by atoms with van der Waals surface area (Å²) in [6.07, 6.45) is 0.517. The predicted octanol–water partition coefficient (Wildman–Crippen LogP) is 2.63. The molecule has 0 heterocycles. The average molecular weight is 345 g/mol. The molecule has 2 rings (SSSR count). The number of hydrogen-bond acceptors (Lipinski definition) is 4. The van der Waals surface area contributed by atoms with Crippen LogP contribution in [0.5, 0.6) is 5.75 Å². The van der Waals surface area contributed by atoms with Gasteiger partial charge in [0, 0.05) is 6.42 Å². The molecule has 2 aromatic rings. The first-order chi connectivity index (χ1) is 12.1. The molecule has 0 saturated carbocycles. The molecule has 0 saturated heterocycles. The quantitative estimate of drug-likeness (QED) is 0.747. The molecule has 0 unspecified atom stereocenters. The van der Waals surface area contributed by atoms with Gasteiger partial charge in [-0.3, -0.25) is 9.59 Å². The Labute approximate surface area is 145 Å². The molecule has 1 amide bonds. The van der Waals surface area contributed by atoms with Gasteiger partial charge in [0.05, 0.1) is 7.11 Å². The highest BCUT2D eigenvalue weighted by Crippen LogP contribution is 2.18. The van der Waals surface area contributed by atoms with Gasteiger partial charge >= 0.3 is 5.97 Å². The first-order valence-electron chi connectivity index (χ1n) is 7.87. The van der Waals surface area contributed by atoms with E-state index in [0.717, 1.165) is 5.56 Å². The summed E-state index contributed by atoms with van der Waals surface area (Å²) in [5.74, 6) is -1.11. The van der Waals surface area contributed by atoms with Crippen LogP contribution in [0.15, 0.2) is 48.5 Å². The van der Waals surface area contributed by atoms with Crippen LogP contribution in [0.1, 0.15) is 17.5 Å². The highest BCUT2D eigenvalue weighted by atomic mass is 19.1. The van der Waals surface area contributed by atoms with Crippen LogP contribution in [-0.2, 0) is 27.4 Å². The van der Waals surface area contributed by atoms with Crippen molar-refractivity contribution in [2.45, 2.75) is 19.4 Å². The summed E-state index contributed by atoms with van der Waals surface area (Å²) in [7, 11) is 1.39. The fourth-order valence-electron chi connectivity index (χ4n) is 2.17. The van der Waals surface area contributed by atoms with E-state index in [2.05, 4.69) is 5.32 Å². The Morgan fingerprint density at radius 2 is 1.84 bits per heavy atom. The summed E-state index contributed by atoms with van der Waals surface area (Å²) in [6, 6.07) is 13.8. The van der Waals surface area contributed by atoms with Gasteiger partial charge < -0.3 is 14.8 Å². The third-order valence-corrected chi connectivity index (χ3v) is 3.53. The van der Waals surface area contributed by atoms with Crippen molar-refractivity contribution in [3.8, 4) is 5.75 Å². The molecule has 0 radical (unpaired) electrons. The standard InChI is InChI=1S/C19H20FNO4/c1-24-17-9-7-14(11-16(17)20)8-10-18(22)21-12-19(23)25-13-15-5-3-2-4-6-15/h2-7,9,11H,8,10,12-13H2,1H3,(H,21,22). The zero-order valence-corrected chi connectivity index (χ0v) is 14.0. The Morgan fingerprint density at radius 3 is 2.52 bits per heavy atom. The van der Waals surface area contributed by atoms with Crippen LogP contribution in [0.4, 0.5) is 4.39 Å². The molecule has 2 aromatic carbocycles. The monoisotopic (exact) mass is 345 g/mol. The molecule has 0 spiro atoms. The minimum absolute atomic E-state index is 0.151. The summed E-state index contributed by atoms with van der Waals surface area (Å²) in [4.78, 5) is 23.4. The number of aryl methyl sites for hydroxylation is 1. The lowest BCUT2D eigenvalue weighted by Crippen LogP contribution is -2.30. The van der Waals surface area contributed by atoms with Gasteiger partial charge in [0.25, 0.3) is 0 Å². The second-order valence-corrected chi connectivity index (χ2v) is 5.39. The van der Waals surface area contributed by atoms with Crippen molar-refractivity contribution in [1.82, 2.24) is 5.32 Å². The van der Waals surface area contributed by atoms with E-state index in [-0.39, 0.29) is 31.2 Å². The van der Waals surface area contributed by atoms with Crippen molar-refractivity contribution in [2.75, 3.05) is 13.7 Å². The van der Waals surface area contributed by atoms with E-state index < -0.39 is 11.8 Å². The number of amides is 1. The molecule has 0 aliphatic rings. The van der Waals surface area contributed by atoms with Crippen LogP contribution < -0.4 is 10.1 Å². The maximum atomic E-state index is 13.6. The third-order valence-electron chi connectivity index (χ3n) is 3.53. The molecular weight excluding hydrogens is 325 g/mol. The Balaban J connectivity index is 1.68. The molecule has 132 valence electrons. The van der Waals surface area contributed by atoms with E-state index in [1.165, 1.54) is 19.2 Å². The van der Waals surface area contributed by atoms with E-state index in [4.69, 9.17) is 9.47 Å². The normalized spacial score (nSPS) is 10.2. The first kappa shape index (κ1) is 18.4. The second-order valence-electron chi connectivity index (χ2n) is 5.39. The number of benzene rings is 2. The van der Waals surface area contributed by atoms with Crippen LogP contribution in [-0.4, -0.2) is 25.5 Å². The van der Waals surface area contributed by atoms with Gasteiger partial charge in [0.1, 0.15) is 13.2 Å². The lowest BCUT2D eigenvalue weighted by Gasteiger charge is -2.07. The smallest absolute Gasteiger partial charge is 0.325 e. The van der Waals surface area contributed by atoms with E-state index in [9.17, 15) is 14.0 Å². The van der Waals surface area contributed by atoms with Gasteiger partial charge in [0.15, 0.2) is 11.6 Å². The molecule has 25 heavy (non-hydrogen) atoms. The molecule has 5 nitrogen and oxygen atoms in total. The number of carbonyl (C=O) groups excluding carboxylic acids is 2. The van der Waals surface area contributed by atoms with Crippen LogP contribution >= 0.6 is 0 Å². The van der Waals surface area contributed by atoms with Crippen LogP contribution in [0.3, 0.4) is 0 Å². The molecule has 1 N–H and O–H groups in total. The third kappa shape index (κ3) is 6.25. The summed E-state index contributed by atoms with van der Waals surface area (Å²) < 4.78 is 23.5. The molecule has 0 fully saturated rings. The Hall–Kier alpha value is -2.89. The van der Waals surface area contributed by atoms with Gasteiger partial charge in [0.2, 0.25) is 5.91 Å². The van der Waals surface area contributed by atoms with Crippen LogP contribution in [0, 0.1) is 5.82 Å². The van der Waals surface area contributed by atoms with E-state index in [1.807, 2.05) is 30.3 Å². The van der Waals surface area contributed by atoms with Gasteiger partial charge in [-0.15, -0.1) is 0 Å². The van der Waals surface area contributed by atoms with Crippen molar-refractivity contribution in [2.24, 2.45) is 0 Å². The summed E-state index contributed by atoms with van der Waals surface area (Å²) in [6.45, 7) is -0.0245. The SMILES string of the molecule is COc1ccc(CCC(=O)NCC(=O)OCc2ccccc2)cc1F. The topological polar surface area (TPSA) is 64.6 Å². The highest BCUT2D eigenvalue weighted by Gasteiger charge is 2.09. The van der Waals surface area contributed by atoms with E-state index >= 15 is 0 Å². The number of nitrogens with one attached hydrogen (secondary N) is 1. The van der Waals surface area contributed by atoms with Crippen molar-refractivity contribution < 1.29 is 23.5 Å². The Bertz CT molecular complexity index is 719. The molecule has 6 heteroatoms. The molecule has 0 aromatic heterocycles. The fraction of sp³-hybridized carbons (Fsp3) is 0.263. The van der Waals surface area contributed by atoms with Gasteiger partial charge in [-0.2, -0.15) is 0 Å². The van der Waals surface area contributed by atoms with E-state index in [1.54, 1.807) is 6.07 Å². The summed E-state index contributed by atoms with van der Waals surface area (Å²) >= 11 is 0. The molecule has 0 aliphatic carbocycles. The van der Waals surface area contributed by atoms with Crippen molar-refractivity contribution in [3.63, 3.8) is 0 Å². The maximum absolute atomic E-state index is 13.6. The van der Waals surface area contributed by atoms with Gasteiger partial charge in [-0.1, -0.05) is 36.4 Å². The van der Waals surface area contributed by atoms with Gasteiger partial charge in [-0.05, 0) is 29.7 Å². The minimum Gasteiger partial charge on any atom is -0.494 e. The number of carbonyl (C=O) groups is 2. The molecular formula is C19H20FNO4. The summed E-state index contributed by atoms with van der Waals surface area (Å²) in [5.41, 5.74) is 1.56. The predicted molar refractivity (Wildman–Crippen MR) is 90.5 cm³/mol. The fourth-order valence-corrected chi connectivity index (χ4v) is 2.17. The zero-order chi connectivity index (χ0) is 18.1. The molecule has 0 aliphatic heterocycles. The maximum Gasteiger partial charge on any atom is 0.325 e. The minimum atomic E-state index is -0.507. The van der Waals surface area contributed by atoms with Crippen LogP contribution in [0.2, 0.25) is 0 Å². The molecule has 0 atom stereocenters. The highest BCUT2D eigenvalue weighted by molar-refractivity contribution is 5.82. The second kappa shape index (κ2) is 9.42. The number of esters is 1. The van der Waals surface area contributed by atoms with E-state index in [0.29, 0.717) is 12.0 Å². The number of methoxy groups -OCH3 is 1. The first-order valence-corrected chi connectivity index (χ1v) is 7.87. The lowest BCUT2D eigenvalue weighted by atomic mass is 10.1. The van der Waals surface area contributed by atoms with Crippen molar-refractivity contribution in [3.05, 3.63) is 65.5 Å². The largest absolute Gasteiger partial charge is 0.494 e. The Kier molecular flexibility index (Phi) is 6.95. The van der Waals surface area contributed by atoms with Crippen molar-refractivity contribution in [1.29, 1.82) is 0 Å². The van der Waals surface area contributed by atoms with Crippen molar-refractivity contribution >= 4 is 11.9 Å².